The van der Waals surface area contributed by atoms with Gasteiger partial charge < -0.3 is 15.4 Å². The van der Waals surface area contributed by atoms with Gasteiger partial charge in [0.25, 0.3) is 5.91 Å². The normalized spacial score (nSPS) is 17.3. The summed E-state index contributed by atoms with van der Waals surface area (Å²) in [6.45, 7) is 1.09. The van der Waals surface area contributed by atoms with E-state index in [-0.39, 0.29) is 12.0 Å². The van der Waals surface area contributed by atoms with Gasteiger partial charge in [0.1, 0.15) is 6.04 Å². The van der Waals surface area contributed by atoms with E-state index in [0.717, 1.165) is 23.4 Å². The van der Waals surface area contributed by atoms with Crippen LogP contribution in [0.25, 0.3) is 0 Å². The minimum absolute atomic E-state index is 0.00317. The number of para-hydroxylation sites is 1. The van der Waals surface area contributed by atoms with Crippen LogP contribution in [-0.2, 0) is 19.6 Å². The number of carbonyl (C=O) groups excluding carboxylic acids is 2. The Morgan fingerprint density at radius 2 is 1.81 bits per heavy atom. The van der Waals surface area contributed by atoms with Gasteiger partial charge in [-0.05, 0) is 30.5 Å². The molecule has 2 N–H and O–H groups in total. The fourth-order valence-electron chi connectivity index (χ4n) is 3.45. The molecule has 1 aliphatic rings. The number of benzene rings is 2. The van der Waals surface area contributed by atoms with Crippen LogP contribution in [-0.4, -0.2) is 57.1 Å². The van der Waals surface area contributed by atoms with Gasteiger partial charge in [-0.2, -0.15) is 4.31 Å². The van der Waals surface area contributed by atoms with Crippen molar-refractivity contribution in [2.75, 3.05) is 31.8 Å². The fourth-order valence-corrected chi connectivity index (χ4v) is 4.05. The van der Waals surface area contributed by atoms with Gasteiger partial charge in [-0.1, -0.05) is 42.5 Å². The summed E-state index contributed by atoms with van der Waals surface area (Å²) in [5.74, 6) is -0.891. The number of ether oxygens (including phenoxy) is 1. The molecule has 31 heavy (non-hydrogen) atoms. The van der Waals surface area contributed by atoms with Crippen molar-refractivity contribution in [3.05, 3.63) is 65.7 Å². The Kier molecular flexibility index (Phi) is 7.42. The predicted octanol–water partition coefficient (Wildman–Crippen LogP) is 2.17. The lowest BCUT2D eigenvalue weighted by Crippen LogP contribution is -2.38. The molecule has 1 fully saturated rings. The largest absolute Gasteiger partial charge is 0.376 e. The number of amides is 2. The van der Waals surface area contributed by atoms with Crippen LogP contribution in [0.15, 0.2) is 54.6 Å². The van der Waals surface area contributed by atoms with E-state index in [1.165, 1.54) is 7.05 Å². The molecule has 1 aliphatic heterocycles. The molecule has 0 unspecified atom stereocenters. The van der Waals surface area contributed by atoms with Crippen LogP contribution in [0.2, 0.25) is 0 Å². The highest BCUT2D eigenvalue weighted by molar-refractivity contribution is 7.88. The van der Waals surface area contributed by atoms with Gasteiger partial charge in [0.2, 0.25) is 15.9 Å². The first kappa shape index (κ1) is 22.9. The van der Waals surface area contributed by atoms with Gasteiger partial charge in [0.05, 0.1) is 23.6 Å². The number of hydrogen-bond acceptors (Lipinski definition) is 5. The van der Waals surface area contributed by atoms with Gasteiger partial charge in [0.15, 0.2) is 0 Å². The van der Waals surface area contributed by atoms with Gasteiger partial charge in [-0.25, -0.2) is 8.42 Å². The quantitative estimate of drug-likeness (QED) is 0.648. The number of carbonyl (C=O) groups is 2. The van der Waals surface area contributed by atoms with Crippen LogP contribution in [0, 0.1) is 0 Å². The molecular weight excluding hydrogens is 418 g/mol. The van der Waals surface area contributed by atoms with Crippen LogP contribution in [0.1, 0.15) is 34.8 Å². The average Bonchev–Trinajstić information content (AvgIpc) is 3.26. The summed E-state index contributed by atoms with van der Waals surface area (Å²) >= 11 is 0. The van der Waals surface area contributed by atoms with Crippen molar-refractivity contribution in [1.29, 1.82) is 0 Å². The lowest BCUT2D eigenvalue weighted by molar-refractivity contribution is -0.119. The van der Waals surface area contributed by atoms with Crippen LogP contribution < -0.4 is 10.6 Å². The average molecular weight is 446 g/mol. The number of hydrogen-bond donors (Lipinski definition) is 2. The molecule has 0 saturated carbocycles. The Labute approximate surface area is 182 Å². The summed E-state index contributed by atoms with van der Waals surface area (Å²) < 4.78 is 30.9. The molecule has 2 aromatic carbocycles. The molecule has 0 radical (unpaired) electrons. The molecule has 166 valence electrons. The van der Waals surface area contributed by atoms with E-state index in [2.05, 4.69) is 10.6 Å². The van der Waals surface area contributed by atoms with Crippen molar-refractivity contribution in [2.45, 2.75) is 25.0 Å². The van der Waals surface area contributed by atoms with Crippen molar-refractivity contribution in [3.8, 4) is 0 Å². The Morgan fingerprint density at radius 1 is 1.13 bits per heavy atom. The zero-order chi connectivity index (χ0) is 22.4. The SMILES string of the molecule is CN([C@H](C(=O)Nc1ccccc1C(=O)NC[C@H]1CCCO1)c1ccccc1)S(C)(=O)=O. The van der Waals surface area contributed by atoms with E-state index < -0.39 is 22.0 Å². The van der Waals surface area contributed by atoms with Crippen molar-refractivity contribution >= 4 is 27.5 Å². The summed E-state index contributed by atoms with van der Waals surface area (Å²) in [6, 6.07) is 14.2. The minimum Gasteiger partial charge on any atom is -0.376 e. The summed E-state index contributed by atoms with van der Waals surface area (Å²) in [4.78, 5) is 25.9. The first-order valence-corrected chi connectivity index (χ1v) is 11.9. The molecule has 2 atom stereocenters. The van der Waals surface area contributed by atoms with Crippen molar-refractivity contribution in [1.82, 2.24) is 9.62 Å². The molecule has 0 spiro atoms. The van der Waals surface area contributed by atoms with Crippen LogP contribution in [0.4, 0.5) is 5.69 Å². The van der Waals surface area contributed by atoms with E-state index in [9.17, 15) is 18.0 Å². The number of sulfonamides is 1. The second-order valence-electron chi connectivity index (χ2n) is 7.47. The zero-order valence-electron chi connectivity index (χ0n) is 17.6. The Morgan fingerprint density at radius 3 is 2.45 bits per heavy atom. The lowest BCUT2D eigenvalue weighted by atomic mass is 10.1. The van der Waals surface area contributed by atoms with Gasteiger partial charge in [-0.15, -0.1) is 0 Å². The summed E-state index contributed by atoms with van der Waals surface area (Å²) in [5, 5.41) is 5.57. The highest BCUT2D eigenvalue weighted by Crippen LogP contribution is 2.25. The fraction of sp³-hybridized carbons (Fsp3) is 0.364. The molecule has 9 heteroatoms. The van der Waals surface area contributed by atoms with Crippen LogP contribution >= 0.6 is 0 Å². The third-order valence-corrected chi connectivity index (χ3v) is 6.45. The van der Waals surface area contributed by atoms with Gasteiger partial charge in [-0.3, -0.25) is 9.59 Å². The zero-order valence-corrected chi connectivity index (χ0v) is 18.4. The molecule has 2 aromatic rings. The molecule has 0 aromatic heterocycles. The number of likely N-dealkylation sites (N-methyl/N-ethyl adjacent to an activating group) is 1. The van der Waals surface area contributed by atoms with Crippen molar-refractivity contribution in [2.24, 2.45) is 0 Å². The first-order valence-electron chi connectivity index (χ1n) is 10.0. The highest BCUT2D eigenvalue weighted by atomic mass is 32.2. The molecule has 0 aliphatic carbocycles. The summed E-state index contributed by atoms with van der Waals surface area (Å²) in [6.07, 6.45) is 2.91. The van der Waals surface area contributed by atoms with E-state index in [0.29, 0.717) is 30.0 Å². The Hall–Kier alpha value is -2.75. The molecule has 8 nitrogen and oxygen atoms in total. The standard InChI is InChI=1S/C22H27N3O5S/c1-25(31(2,28)29)20(16-9-4-3-5-10-16)22(27)24-19-13-7-6-12-18(19)21(26)23-15-17-11-8-14-30-17/h3-7,9-10,12-13,17,20H,8,11,14-15H2,1-2H3,(H,23,26)(H,24,27)/t17-,20+/m1/s1. The smallest absolute Gasteiger partial charge is 0.253 e. The second kappa shape index (κ2) is 10.0. The number of rotatable bonds is 8. The summed E-state index contributed by atoms with van der Waals surface area (Å²) in [5.41, 5.74) is 1.12. The monoisotopic (exact) mass is 445 g/mol. The lowest BCUT2D eigenvalue weighted by Gasteiger charge is -2.26. The maximum absolute atomic E-state index is 13.2. The second-order valence-corrected chi connectivity index (χ2v) is 9.51. The molecule has 3 rings (SSSR count). The molecule has 2 amide bonds. The van der Waals surface area contributed by atoms with E-state index >= 15 is 0 Å². The number of anilines is 1. The predicted molar refractivity (Wildman–Crippen MR) is 118 cm³/mol. The topological polar surface area (TPSA) is 105 Å². The maximum atomic E-state index is 13.2. The molecule has 0 bridgehead atoms. The van der Waals surface area contributed by atoms with Crippen molar-refractivity contribution in [3.63, 3.8) is 0 Å². The minimum atomic E-state index is -3.65. The Balaban J connectivity index is 1.81. The van der Waals surface area contributed by atoms with E-state index in [1.807, 2.05) is 0 Å². The number of nitrogens with one attached hydrogen (secondary N) is 2. The van der Waals surface area contributed by atoms with Gasteiger partial charge in [0, 0.05) is 20.2 Å². The van der Waals surface area contributed by atoms with Crippen LogP contribution in [0.5, 0.6) is 0 Å². The maximum Gasteiger partial charge on any atom is 0.253 e. The molecule has 1 saturated heterocycles. The molecular formula is C22H27N3O5S. The van der Waals surface area contributed by atoms with E-state index in [1.54, 1.807) is 54.6 Å². The summed E-state index contributed by atoms with van der Waals surface area (Å²) in [7, 11) is -2.30. The first-order chi connectivity index (χ1) is 14.8. The number of nitrogens with zero attached hydrogens (tertiary/aromatic N) is 1. The third-order valence-electron chi connectivity index (χ3n) is 5.19. The van der Waals surface area contributed by atoms with E-state index in [4.69, 9.17) is 4.74 Å². The van der Waals surface area contributed by atoms with Crippen LogP contribution in [0.3, 0.4) is 0 Å². The molecule has 1 heterocycles. The van der Waals surface area contributed by atoms with Crippen molar-refractivity contribution < 1.29 is 22.7 Å². The van der Waals surface area contributed by atoms with Gasteiger partial charge >= 0.3 is 0 Å². The highest BCUT2D eigenvalue weighted by Gasteiger charge is 2.31. The third kappa shape index (κ3) is 5.90. The Bertz CT molecular complexity index is 1020.